The van der Waals surface area contributed by atoms with Crippen molar-refractivity contribution in [2.24, 2.45) is 0 Å². The number of fused-ring (bicyclic) bond motifs is 1. The fourth-order valence-electron chi connectivity index (χ4n) is 3.96. The summed E-state index contributed by atoms with van der Waals surface area (Å²) in [5.74, 6) is -0.572. The number of non-ortho nitro benzene ring substituents is 1. The van der Waals surface area contributed by atoms with Gasteiger partial charge in [0.1, 0.15) is 12.3 Å². The van der Waals surface area contributed by atoms with Gasteiger partial charge in [-0.1, -0.05) is 48.5 Å². The van der Waals surface area contributed by atoms with Crippen LogP contribution in [-0.4, -0.2) is 39.7 Å². The molecule has 180 valence electrons. The number of hydrogen-bond acceptors (Lipinski definition) is 6. The Labute approximate surface area is 205 Å². The average molecular weight is 483 g/mol. The van der Waals surface area contributed by atoms with Crippen molar-refractivity contribution in [1.82, 2.24) is 15.1 Å². The molecule has 10 heteroatoms. The van der Waals surface area contributed by atoms with Gasteiger partial charge in [0, 0.05) is 36.0 Å². The van der Waals surface area contributed by atoms with Crippen molar-refractivity contribution in [3.8, 4) is 22.7 Å². The van der Waals surface area contributed by atoms with Gasteiger partial charge >= 0.3 is 0 Å². The molecule has 10 nitrogen and oxygen atoms in total. The van der Waals surface area contributed by atoms with E-state index in [1.54, 1.807) is 4.68 Å². The first-order chi connectivity index (χ1) is 17.5. The molecule has 1 N–H and O–H groups in total. The third-order valence-electron chi connectivity index (χ3n) is 5.73. The average Bonchev–Trinajstić information content (AvgIpc) is 3.34. The number of nitro benzene ring substituents is 1. The van der Waals surface area contributed by atoms with Crippen LogP contribution in [0.3, 0.4) is 0 Å². The highest BCUT2D eigenvalue weighted by molar-refractivity contribution is 6.02. The van der Waals surface area contributed by atoms with Crippen molar-refractivity contribution in [2.75, 3.05) is 18.1 Å². The van der Waals surface area contributed by atoms with Crippen LogP contribution in [0.2, 0.25) is 0 Å². The molecule has 36 heavy (non-hydrogen) atoms. The monoisotopic (exact) mass is 483 g/mol. The second kappa shape index (κ2) is 9.71. The molecular formula is C26H21N5O5. The summed E-state index contributed by atoms with van der Waals surface area (Å²) in [6.07, 6.45) is 1.86. The zero-order chi connectivity index (χ0) is 25.1. The van der Waals surface area contributed by atoms with Crippen molar-refractivity contribution in [1.29, 1.82) is 0 Å². The number of aromatic nitrogens is 2. The smallest absolute Gasteiger partial charge is 0.271 e. The summed E-state index contributed by atoms with van der Waals surface area (Å²) in [6.45, 7) is -0.375. The molecule has 0 saturated carbocycles. The minimum atomic E-state index is -0.562. The van der Waals surface area contributed by atoms with E-state index < -0.39 is 16.7 Å². The van der Waals surface area contributed by atoms with Gasteiger partial charge in [-0.15, -0.1) is 0 Å². The molecule has 4 aromatic rings. The Balaban J connectivity index is 1.36. The summed E-state index contributed by atoms with van der Waals surface area (Å²) in [7, 11) is 0. The molecule has 0 unspecified atom stereocenters. The molecule has 3 aromatic carbocycles. The molecule has 1 aromatic heterocycles. The zero-order valence-corrected chi connectivity index (χ0v) is 19.0. The minimum Gasteiger partial charge on any atom is -0.482 e. The fourth-order valence-corrected chi connectivity index (χ4v) is 3.96. The van der Waals surface area contributed by atoms with Crippen LogP contribution in [-0.2, 0) is 16.1 Å². The number of para-hydroxylation sites is 1. The van der Waals surface area contributed by atoms with E-state index in [1.807, 2.05) is 66.9 Å². The second-order valence-electron chi connectivity index (χ2n) is 8.10. The molecular weight excluding hydrogens is 462 g/mol. The molecule has 0 radical (unpaired) electrons. The second-order valence-corrected chi connectivity index (χ2v) is 8.10. The topological polar surface area (TPSA) is 120 Å². The van der Waals surface area contributed by atoms with Crippen LogP contribution in [0, 0.1) is 10.1 Å². The van der Waals surface area contributed by atoms with E-state index in [2.05, 4.69) is 5.32 Å². The van der Waals surface area contributed by atoms with Crippen molar-refractivity contribution in [2.45, 2.75) is 6.54 Å². The van der Waals surface area contributed by atoms with Gasteiger partial charge in [-0.2, -0.15) is 5.10 Å². The van der Waals surface area contributed by atoms with E-state index in [-0.39, 0.29) is 31.1 Å². The maximum Gasteiger partial charge on any atom is 0.271 e. The standard InChI is InChI=1S/C26H21N5O5/c32-24(16-29-22-13-21(31(34)35)11-12-23(22)36-17-25(29)33)27-14-19-15-30(20-9-5-2-6-10-20)28-26(19)18-7-3-1-4-8-18/h1-13,15H,14,16-17H2,(H,27,32). The van der Waals surface area contributed by atoms with Gasteiger partial charge in [0.15, 0.2) is 6.61 Å². The molecule has 1 aliphatic rings. The van der Waals surface area contributed by atoms with Crippen LogP contribution in [0.1, 0.15) is 5.56 Å². The Morgan fingerprint density at radius 1 is 1.06 bits per heavy atom. The maximum atomic E-state index is 12.9. The zero-order valence-electron chi connectivity index (χ0n) is 19.0. The first-order valence-electron chi connectivity index (χ1n) is 11.2. The van der Waals surface area contributed by atoms with Crippen molar-refractivity contribution in [3.63, 3.8) is 0 Å². The molecule has 2 heterocycles. The van der Waals surface area contributed by atoms with Gasteiger partial charge in [-0.25, -0.2) is 4.68 Å². The lowest BCUT2D eigenvalue weighted by Gasteiger charge is -2.28. The van der Waals surface area contributed by atoms with Gasteiger partial charge in [-0.05, 0) is 18.2 Å². The largest absolute Gasteiger partial charge is 0.482 e. The quantitative estimate of drug-likeness (QED) is 0.317. The van der Waals surface area contributed by atoms with Crippen LogP contribution < -0.4 is 15.0 Å². The molecule has 0 atom stereocenters. The maximum absolute atomic E-state index is 12.9. The SMILES string of the molecule is O=C(CN1C(=O)COc2ccc([N+](=O)[O-])cc21)NCc1cn(-c2ccccc2)nc1-c1ccccc1. The highest BCUT2D eigenvalue weighted by Gasteiger charge is 2.29. The first kappa shape index (κ1) is 22.8. The summed E-state index contributed by atoms with van der Waals surface area (Å²) >= 11 is 0. The number of anilines is 1. The van der Waals surface area contributed by atoms with E-state index in [1.165, 1.54) is 23.1 Å². The highest BCUT2D eigenvalue weighted by atomic mass is 16.6. The fraction of sp³-hybridized carbons (Fsp3) is 0.115. The number of nitrogens with one attached hydrogen (secondary N) is 1. The predicted octanol–water partition coefficient (Wildman–Crippen LogP) is 3.49. The molecule has 0 aliphatic carbocycles. The Kier molecular flexibility index (Phi) is 6.14. The van der Waals surface area contributed by atoms with Crippen LogP contribution >= 0.6 is 0 Å². The minimum absolute atomic E-state index is 0.177. The molecule has 0 bridgehead atoms. The van der Waals surface area contributed by atoms with Gasteiger partial charge in [0.25, 0.3) is 11.6 Å². The Morgan fingerprint density at radius 3 is 2.50 bits per heavy atom. The molecule has 0 fully saturated rings. The summed E-state index contributed by atoms with van der Waals surface area (Å²) in [4.78, 5) is 37.2. The normalized spacial score (nSPS) is 12.6. The highest BCUT2D eigenvalue weighted by Crippen LogP contribution is 2.35. The van der Waals surface area contributed by atoms with E-state index in [0.717, 1.165) is 22.5 Å². The Morgan fingerprint density at radius 2 is 1.78 bits per heavy atom. The number of nitro groups is 1. The Hall–Kier alpha value is -4.99. The van der Waals surface area contributed by atoms with E-state index in [9.17, 15) is 19.7 Å². The van der Waals surface area contributed by atoms with E-state index in [4.69, 9.17) is 9.84 Å². The van der Waals surface area contributed by atoms with Crippen LogP contribution in [0.15, 0.2) is 85.1 Å². The molecule has 2 amide bonds. The van der Waals surface area contributed by atoms with Crippen molar-refractivity contribution in [3.05, 3.63) is 101 Å². The predicted molar refractivity (Wildman–Crippen MR) is 132 cm³/mol. The van der Waals surface area contributed by atoms with Gasteiger partial charge in [-0.3, -0.25) is 24.6 Å². The summed E-state index contributed by atoms with van der Waals surface area (Å²) in [6, 6.07) is 23.2. The molecule has 0 spiro atoms. The number of amides is 2. The third kappa shape index (κ3) is 4.64. The number of nitrogens with zero attached hydrogens (tertiary/aromatic N) is 4. The van der Waals surface area contributed by atoms with Crippen LogP contribution in [0.5, 0.6) is 5.75 Å². The Bertz CT molecular complexity index is 1440. The summed E-state index contributed by atoms with van der Waals surface area (Å²) in [5, 5.41) is 18.8. The van der Waals surface area contributed by atoms with Crippen molar-refractivity contribution < 1.29 is 19.2 Å². The van der Waals surface area contributed by atoms with Crippen molar-refractivity contribution >= 4 is 23.2 Å². The van der Waals surface area contributed by atoms with E-state index >= 15 is 0 Å². The summed E-state index contributed by atoms with van der Waals surface area (Å²) in [5.41, 5.74) is 3.30. The number of carbonyl (C=O) groups is 2. The van der Waals surface area contributed by atoms with E-state index in [0.29, 0.717) is 5.75 Å². The van der Waals surface area contributed by atoms with Gasteiger partial charge < -0.3 is 10.1 Å². The third-order valence-corrected chi connectivity index (χ3v) is 5.73. The number of carbonyl (C=O) groups excluding carboxylic acids is 2. The number of hydrogen-bond donors (Lipinski definition) is 1. The molecule has 0 saturated heterocycles. The summed E-state index contributed by atoms with van der Waals surface area (Å²) < 4.78 is 7.12. The lowest BCUT2D eigenvalue weighted by Crippen LogP contribution is -2.45. The van der Waals surface area contributed by atoms with Crippen LogP contribution in [0.25, 0.3) is 16.9 Å². The first-order valence-corrected chi connectivity index (χ1v) is 11.2. The van der Waals surface area contributed by atoms with Gasteiger partial charge in [0.2, 0.25) is 5.91 Å². The molecule has 5 rings (SSSR count). The van der Waals surface area contributed by atoms with Crippen LogP contribution in [0.4, 0.5) is 11.4 Å². The number of ether oxygens (including phenoxy) is 1. The lowest BCUT2D eigenvalue weighted by atomic mass is 10.1. The number of benzene rings is 3. The number of rotatable bonds is 7. The lowest BCUT2D eigenvalue weighted by molar-refractivity contribution is -0.384. The molecule has 1 aliphatic heterocycles. The van der Waals surface area contributed by atoms with Gasteiger partial charge in [0.05, 0.1) is 22.0 Å².